The largest absolute Gasteiger partial charge is 0.513 e. The normalized spacial score (nSPS) is 11.1. The van der Waals surface area contributed by atoms with E-state index in [1.807, 2.05) is 0 Å². The quantitative estimate of drug-likeness (QED) is 0.580. The first-order valence-electron chi connectivity index (χ1n) is 6.69. The summed E-state index contributed by atoms with van der Waals surface area (Å²) < 4.78 is 54.1. The Bertz CT molecular complexity index is 600. The van der Waals surface area contributed by atoms with E-state index < -0.39 is 12.4 Å². The van der Waals surface area contributed by atoms with Crippen LogP contribution in [0.2, 0.25) is 0 Å². The molecule has 2 aromatic rings. The highest BCUT2D eigenvalue weighted by Gasteiger charge is 2.28. The molecule has 0 saturated carbocycles. The maximum atomic E-state index is 12.8. The van der Waals surface area contributed by atoms with Crippen LogP contribution in [0.1, 0.15) is 0 Å². The van der Waals surface area contributed by atoms with E-state index in [-0.39, 0.29) is 19.0 Å². The van der Waals surface area contributed by atoms with Gasteiger partial charge in [-0.15, -0.1) is 0 Å². The Kier molecular flexibility index (Phi) is 5.19. The van der Waals surface area contributed by atoms with Crippen molar-refractivity contribution in [2.75, 3.05) is 20.3 Å². The number of halogens is 3. The Hall–Kier alpha value is -2.31. The maximum Gasteiger partial charge on any atom is 0.513 e. The number of para-hydroxylation sites is 1. The summed E-state index contributed by atoms with van der Waals surface area (Å²) in [4.78, 5) is 0. The van der Waals surface area contributed by atoms with Crippen molar-refractivity contribution in [2.45, 2.75) is 0 Å². The van der Waals surface area contributed by atoms with Gasteiger partial charge in [0.15, 0.2) is 0 Å². The van der Waals surface area contributed by atoms with Crippen molar-refractivity contribution >= 4 is 12.4 Å². The van der Waals surface area contributed by atoms with Gasteiger partial charge in [-0.2, -0.15) is 0 Å². The van der Waals surface area contributed by atoms with E-state index in [2.05, 4.69) is 0 Å². The van der Waals surface area contributed by atoms with Gasteiger partial charge in [0.1, 0.15) is 24.7 Å². The number of ether oxygens (including phenoxy) is 3. The molecule has 0 atom stereocenters. The summed E-state index contributed by atoms with van der Waals surface area (Å²) in [5.74, 6) is 1.12. The van der Waals surface area contributed by atoms with Crippen molar-refractivity contribution in [1.29, 1.82) is 0 Å². The summed E-state index contributed by atoms with van der Waals surface area (Å²) in [5, 5.41) is 0. The van der Waals surface area contributed by atoms with Crippen LogP contribution < -0.4 is 19.7 Å². The lowest BCUT2D eigenvalue weighted by molar-refractivity contribution is 0.217. The van der Waals surface area contributed by atoms with Gasteiger partial charge in [0.05, 0.1) is 12.9 Å². The van der Waals surface area contributed by atoms with Crippen molar-refractivity contribution in [1.82, 2.24) is 0 Å². The van der Waals surface area contributed by atoms with Gasteiger partial charge in [0.2, 0.25) is 0 Å². The van der Waals surface area contributed by atoms with Crippen molar-refractivity contribution < 1.29 is 27.2 Å². The van der Waals surface area contributed by atoms with Gasteiger partial charge in [-0.05, 0) is 30.3 Å². The highest BCUT2D eigenvalue weighted by molar-refractivity contribution is 6.74. The minimum absolute atomic E-state index is 0.0230. The number of rotatable bonds is 7. The van der Waals surface area contributed by atoms with E-state index in [1.165, 1.54) is 18.2 Å². The first-order chi connectivity index (χ1) is 10.5. The first-order valence-corrected chi connectivity index (χ1v) is 6.69. The molecule has 0 heterocycles. The van der Waals surface area contributed by atoms with Crippen LogP contribution in [0.25, 0.3) is 0 Å². The maximum absolute atomic E-state index is 12.8. The fraction of sp³-hybridized carbons (Fsp3) is 0.200. The zero-order valence-corrected chi connectivity index (χ0v) is 12.0. The summed E-state index contributed by atoms with van der Waals surface area (Å²) in [7, 11) is 1.56. The van der Waals surface area contributed by atoms with Gasteiger partial charge < -0.3 is 27.2 Å². The second-order valence-electron chi connectivity index (χ2n) is 4.49. The molecule has 22 heavy (non-hydrogen) atoms. The molecule has 0 radical (unpaired) electrons. The van der Waals surface area contributed by atoms with Crippen LogP contribution in [-0.2, 0) is 0 Å². The molecule has 0 amide bonds. The number of benzene rings is 2. The van der Waals surface area contributed by atoms with Crippen LogP contribution in [0.4, 0.5) is 12.9 Å². The molecule has 118 valence electrons. The Morgan fingerprint density at radius 1 is 0.818 bits per heavy atom. The molecule has 0 N–H and O–H groups in total. The lowest BCUT2D eigenvalue weighted by Crippen LogP contribution is -2.35. The number of hydrogen-bond donors (Lipinski definition) is 0. The Morgan fingerprint density at radius 3 is 2.05 bits per heavy atom. The molecular formula is C15H15BF3O3-. The smallest absolute Gasteiger partial charge is 0.497 e. The minimum atomic E-state index is -5.09. The lowest BCUT2D eigenvalue weighted by Gasteiger charge is -2.19. The molecule has 0 aliphatic rings. The SMILES string of the molecule is COc1ccc(OCCOc2ccccc2[B-](F)(F)F)cc1. The molecule has 3 nitrogen and oxygen atoms in total. The van der Waals surface area contributed by atoms with E-state index in [0.29, 0.717) is 11.5 Å². The van der Waals surface area contributed by atoms with E-state index in [1.54, 1.807) is 31.4 Å². The molecule has 0 aliphatic heterocycles. The van der Waals surface area contributed by atoms with Crippen LogP contribution >= 0.6 is 0 Å². The number of methoxy groups -OCH3 is 1. The van der Waals surface area contributed by atoms with Crippen molar-refractivity contribution in [3.05, 3.63) is 48.5 Å². The highest BCUT2D eigenvalue weighted by Crippen LogP contribution is 2.18. The zero-order valence-electron chi connectivity index (χ0n) is 12.0. The monoisotopic (exact) mass is 311 g/mol. The Morgan fingerprint density at radius 2 is 1.41 bits per heavy atom. The lowest BCUT2D eigenvalue weighted by atomic mass is 9.79. The molecule has 0 aromatic heterocycles. The summed E-state index contributed by atoms with van der Waals surface area (Å²) in [5.41, 5.74) is -0.730. The third-order valence-electron chi connectivity index (χ3n) is 2.94. The molecule has 0 spiro atoms. The van der Waals surface area contributed by atoms with Crippen LogP contribution in [0.3, 0.4) is 0 Å². The zero-order chi connectivity index (χ0) is 16.0. The summed E-state index contributed by atoms with van der Waals surface area (Å²) in [6.07, 6.45) is 0. The van der Waals surface area contributed by atoms with Crippen LogP contribution in [0.5, 0.6) is 17.2 Å². The molecule has 7 heteroatoms. The van der Waals surface area contributed by atoms with Gasteiger partial charge in [0, 0.05) is 0 Å². The topological polar surface area (TPSA) is 27.7 Å². The molecular weight excluding hydrogens is 296 g/mol. The Balaban J connectivity index is 1.86. The van der Waals surface area contributed by atoms with Gasteiger partial charge >= 0.3 is 6.98 Å². The van der Waals surface area contributed by atoms with E-state index in [4.69, 9.17) is 14.2 Å². The predicted octanol–water partition coefficient (Wildman–Crippen LogP) is 3.21. The van der Waals surface area contributed by atoms with Crippen molar-refractivity contribution in [3.8, 4) is 17.2 Å². The fourth-order valence-electron chi connectivity index (χ4n) is 1.87. The summed E-state index contributed by atoms with van der Waals surface area (Å²) in [6, 6.07) is 12.1. The molecule has 0 fully saturated rings. The van der Waals surface area contributed by atoms with Gasteiger partial charge in [-0.1, -0.05) is 23.7 Å². The van der Waals surface area contributed by atoms with Crippen molar-refractivity contribution in [3.63, 3.8) is 0 Å². The molecule has 0 bridgehead atoms. The average Bonchev–Trinajstić information content (AvgIpc) is 2.51. The molecule has 2 aromatic carbocycles. The van der Waals surface area contributed by atoms with Gasteiger partial charge in [-0.25, -0.2) is 0 Å². The van der Waals surface area contributed by atoms with Crippen LogP contribution in [0.15, 0.2) is 48.5 Å². The standard InChI is InChI=1S/C15H15BF3O3/c1-20-12-6-8-13(9-7-12)21-10-11-22-15-5-3-2-4-14(15)16(17,18)19/h2-9H,10-11H2,1H3/q-1. The fourth-order valence-corrected chi connectivity index (χ4v) is 1.87. The van der Waals surface area contributed by atoms with Crippen LogP contribution in [-0.4, -0.2) is 27.3 Å². The Labute approximate surface area is 126 Å². The summed E-state index contributed by atoms with van der Waals surface area (Å²) >= 11 is 0. The van der Waals surface area contributed by atoms with Gasteiger partial charge in [-0.3, -0.25) is 0 Å². The second kappa shape index (κ2) is 7.11. The van der Waals surface area contributed by atoms with E-state index in [0.717, 1.165) is 6.07 Å². The average molecular weight is 311 g/mol. The molecule has 0 saturated heterocycles. The predicted molar refractivity (Wildman–Crippen MR) is 79.1 cm³/mol. The minimum Gasteiger partial charge on any atom is -0.497 e. The third kappa shape index (κ3) is 4.34. The third-order valence-corrected chi connectivity index (χ3v) is 2.94. The van der Waals surface area contributed by atoms with Crippen molar-refractivity contribution in [2.24, 2.45) is 0 Å². The van der Waals surface area contributed by atoms with Gasteiger partial charge in [0.25, 0.3) is 0 Å². The van der Waals surface area contributed by atoms with E-state index >= 15 is 0 Å². The van der Waals surface area contributed by atoms with E-state index in [9.17, 15) is 12.9 Å². The highest BCUT2D eigenvalue weighted by atomic mass is 19.4. The van der Waals surface area contributed by atoms with Crippen LogP contribution in [0, 0.1) is 0 Å². The number of hydrogen-bond acceptors (Lipinski definition) is 3. The first kappa shape index (κ1) is 16.1. The molecule has 2 rings (SSSR count). The second-order valence-corrected chi connectivity index (χ2v) is 4.49. The molecule has 0 unspecified atom stereocenters. The molecule has 0 aliphatic carbocycles. The summed E-state index contributed by atoms with van der Waals surface area (Å²) in [6.45, 7) is -4.92.